The molecule has 1 aromatic rings. The number of benzene rings is 1. The molecule has 0 aromatic heterocycles. The molecule has 0 aliphatic carbocycles. The molecule has 146 valence electrons. The average Bonchev–Trinajstić information content (AvgIpc) is 3.11. The summed E-state index contributed by atoms with van der Waals surface area (Å²) in [6.07, 6.45) is 1.96. The number of likely N-dealkylation sites (tertiary alicyclic amines) is 1. The van der Waals surface area contributed by atoms with Crippen LogP contribution < -0.4 is 0 Å². The summed E-state index contributed by atoms with van der Waals surface area (Å²) < 4.78 is 0. The molecule has 0 saturated carbocycles. The van der Waals surface area contributed by atoms with Gasteiger partial charge in [0.05, 0.1) is 6.54 Å². The Morgan fingerprint density at radius 2 is 1.78 bits per heavy atom. The molecule has 3 amide bonds. The molecule has 6 heteroatoms. The van der Waals surface area contributed by atoms with Crippen molar-refractivity contribution in [2.75, 3.05) is 26.2 Å². The summed E-state index contributed by atoms with van der Waals surface area (Å²) in [5.41, 5.74) is 3.50. The number of hydrogen-bond acceptors (Lipinski definition) is 3. The van der Waals surface area contributed by atoms with Crippen LogP contribution in [0.15, 0.2) is 18.2 Å². The van der Waals surface area contributed by atoms with E-state index in [4.69, 9.17) is 0 Å². The van der Waals surface area contributed by atoms with E-state index in [1.54, 1.807) is 9.80 Å². The van der Waals surface area contributed by atoms with Crippen molar-refractivity contribution in [1.82, 2.24) is 14.7 Å². The van der Waals surface area contributed by atoms with Crippen LogP contribution in [0.25, 0.3) is 0 Å². The maximum Gasteiger partial charge on any atom is 0.245 e. The normalized spacial score (nSPS) is 20.3. The van der Waals surface area contributed by atoms with Crippen LogP contribution in [0.2, 0.25) is 0 Å². The first-order chi connectivity index (χ1) is 12.9. The molecule has 6 nitrogen and oxygen atoms in total. The third kappa shape index (κ3) is 4.31. The second-order valence-electron chi connectivity index (χ2n) is 7.67. The molecule has 1 aromatic carbocycles. The lowest BCUT2D eigenvalue weighted by Crippen LogP contribution is -2.56. The van der Waals surface area contributed by atoms with E-state index in [9.17, 15) is 14.4 Å². The van der Waals surface area contributed by atoms with Crippen LogP contribution in [0.3, 0.4) is 0 Å². The second-order valence-corrected chi connectivity index (χ2v) is 7.67. The van der Waals surface area contributed by atoms with Gasteiger partial charge in [-0.3, -0.25) is 14.4 Å². The number of rotatable bonds is 4. The van der Waals surface area contributed by atoms with Crippen LogP contribution >= 0.6 is 0 Å². The standard InChI is InChI=1S/C21H29N3O3/c1-4-19(25)24-7-5-6-18(24)21(27)23-9-8-22(20(26)14-23)13-17-11-15(2)10-16(3)12-17/h10-12,18H,4-9,13-14H2,1-3H3/t18-/m0/s1. The van der Waals surface area contributed by atoms with Crippen LogP contribution in [-0.2, 0) is 20.9 Å². The predicted molar refractivity (Wildman–Crippen MR) is 103 cm³/mol. The molecule has 0 N–H and O–H groups in total. The Labute approximate surface area is 161 Å². The molecule has 0 radical (unpaired) electrons. The molecule has 3 rings (SSSR count). The lowest BCUT2D eigenvalue weighted by atomic mass is 10.1. The van der Waals surface area contributed by atoms with Gasteiger partial charge in [-0.15, -0.1) is 0 Å². The maximum absolute atomic E-state index is 12.9. The van der Waals surface area contributed by atoms with Gasteiger partial charge in [0.15, 0.2) is 0 Å². The van der Waals surface area contributed by atoms with Crippen LogP contribution in [0.4, 0.5) is 0 Å². The minimum Gasteiger partial charge on any atom is -0.335 e. The number of hydrogen-bond donors (Lipinski definition) is 0. The summed E-state index contributed by atoms with van der Waals surface area (Å²) in [7, 11) is 0. The molecule has 0 bridgehead atoms. The zero-order valence-corrected chi connectivity index (χ0v) is 16.5. The highest BCUT2D eigenvalue weighted by atomic mass is 16.2. The van der Waals surface area contributed by atoms with E-state index < -0.39 is 6.04 Å². The Hall–Kier alpha value is -2.37. The topological polar surface area (TPSA) is 60.9 Å². The third-order valence-electron chi connectivity index (χ3n) is 5.45. The number of nitrogens with zero attached hydrogens (tertiary/aromatic N) is 3. The molecule has 2 aliphatic heterocycles. The highest BCUT2D eigenvalue weighted by molar-refractivity contribution is 5.91. The molecule has 0 unspecified atom stereocenters. The fourth-order valence-corrected chi connectivity index (χ4v) is 4.18. The van der Waals surface area contributed by atoms with Crippen molar-refractivity contribution in [3.8, 4) is 0 Å². The van der Waals surface area contributed by atoms with Gasteiger partial charge in [-0.2, -0.15) is 0 Å². The molecule has 2 heterocycles. The fraction of sp³-hybridized carbons (Fsp3) is 0.571. The summed E-state index contributed by atoms with van der Waals surface area (Å²) in [6, 6.07) is 5.93. The van der Waals surface area contributed by atoms with Crippen molar-refractivity contribution < 1.29 is 14.4 Å². The maximum atomic E-state index is 12.9. The second kappa shape index (κ2) is 8.11. The zero-order chi connectivity index (χ0) is 19.6. The average molecular weight is 371 g/mol. The van der Waals surface area contributed by atoms with Crippen molar-refractivity contribution in [3.63, 3.8) is 0 Å². The number of aryl methyl sites for hydroxylation is 2. The van der Waals surface area contributed by atoms with E-state index in [2.05, 4.69) is 32.0 Å². The number of carbonyl (C=O) groups is 3. The van der Waals surface area contributed by atoms with E-state index in [1.807, 2.05) is 11.8 Å². The Bertz CT molecular complexity index is 726. The SMILES string of the molecule is CCC(=O)N1CCC[C@H]1C(=O)N1CCN(Cc2cc(C)cc(C)c2)C(=O)C1. The van der Waals surface area contributed by atoms with Gasteiger partial charge in [0.1, 0.15) is 6.04 Å². The lowest BCUT2D eigenvalue weighted by molar-refractivity contribution is -0.150. The summed E-state index contributed by atoms with van der Waals surface area (Å²) >= 11 is 0. The zero-order valence-electron chi connectivity index (χ0n) is 16.5. The van der Waals surface area contributed by atoms with E-state index in [0.29, 0.717) is 39.0 Å². The Balaban J connectivity index is 1.62. The van der Waals surface area contributed by atoms with E-state index in [0.717, 1.165) is 12.0 Å². The number of piperazine rings is 1. The Morgan fingerprint density at radius 1 is 1.07 bits per heavy atom. The van der Waals surface area contributed by atoms with Crippen molar-refractivity contribution >= 4 is 17.7 Å². The first kappa shape index (κ1) is 19.4. The predicted octanol–water partition coefficient (Wildman–Crippen LogP) is 1.88. The summed E-state index contributed by atoms with van der Waals surface area (Å²) in [4.78, 5) is 42.7. The lowest BCUT2D eigenvalue weighted by Gasteiger charge is -2.37. The smallest absolute Gasteiger partial charge is 0.245 e. The minimum absolute atomic E-state index is 0.0191. The number of carbonyl (C=O) groups excluding carboxylic acids is 3. The van der Waals surface area contributed by atoms with Gasteiger partial charge in [-0.25, -0.2) is 0 Å². The first-order valence-corrected chi connectivity index (χ1v) is 9.82. The van der Waals surface area contributed by atoms with E-state index in [1.165, 1.54) is 11.1 Å². The van der Waals surface area contributed by atoms with Gasteiger partial charge in [-0.05, 0) is 32.3 Å². The van der Waals surface area contributed by atoms with Crippen molar-refractivity contribution in [1.29, 1.82) is 0 Å². The van der Waals surface area contributed by atoms with Crippen LogP contribution in [-0.4, -0.2) is 64.6 Å². The number of amides is 3. The van der Waals surface area contributed by atoms with Gasteiger partial charge >= 0.3 is 0 Å². The molecule has 2 saturated heterocycles. The van der Waals surface area contributed by atoms with Crippen LogP contribution in [0.1, 0.15) is 42.9 Å². The highest BCUT2D eigenvalue weighted by Crippen LogP contribution is 2.22. The summed E-state index contributed by atoms with van der Waals surface area (Å²) in [6.45, 7) is 8.31. The van der Waals surface area contributed by atoms with Crippen molar-refractivity contribution in [3.05, 3.63) is 34.9 Å². The van der Waals surface area contributed by atoms with Crippen LogP contribution in [0, 0.1) is 13.8 Å². The molecule has 2 fully saturated rings. The largest absolute Gasteiger partial charge is 0.335 e. The third-order valence-corrected chi connectivity index (χ3v) is 5.45. The summed E-state index contributed by atoms with van der Waals surface area (Å²) in [5, 5.41) is 0. The molecular weight excluding hydrogens is 342 g/mol. The van der Waals surface area contributed by atoms with Crippen LogP contribution in [0.5, 0.6) is 0 Å². The van der Waals surface area contributed by atoms with Crippen molar-refractivity contribution in [2.45, 2.75) is 52.6 Å². The van der Waals surface area contributed by atoms with E-state index in [-0.39, 0.29) is 24.3 Å². The quantitative estimate of drug-likeness (QED) is 0.812. The van der Waals surface area contributed by atoms with Gasteiger partial charge in [0.25, 0.3) is 0 Å². The van der Waals surface area contributed by atoms with Gasteiger partial charge < -0.3 is 14.7 Å². The highest BCUT2D eigenvalue weighted by Gasteiger charge is 2.38. The van der Waals surface area contributed by atoms with E-state index >= 15 is 0 Å². The molecule has 27 heavy (non-hydrogen) atoms. The van der Waals surface area contributed by atoms with Gasteiger partial charge in [-0.1, -0.05) is 36.2 Å². The van der Waals surface area contributed by atoms with Gasteiger partial charge in [0, 0.05) is 32.6 Å². The summed E-state index contributed by atoms with van der Waals surface area (Å²) in [5.74, 6) is -0.0838. The van der Waals surface area contributed by atoms with Gasteiger partial charge in [0.2, 0.25) is 17.7 Å². The Morgan fingerprint density at radius 3 is 2.41 bits per heavy atom. The molecule has 2 aliphatic rings. The fourth-order valence-electron chi connectivity index (χ4n) is 4.18. The molecular formula is C21H29N3O3. The van der Waals surface area contributed by atoms with Crippen molar-refractivity contribution in [2.24, 2.45) is 0 Å². The minimum atomic E-state index is -0.392. The monoisotopic (exact) mass is 371 g/mol. The first-order valence-electron chi connectivity index (χ1n) is 9.82. The molecule has 1 atom stereocenters. The Kier molecular flexibility index (Phi) is 5.82. The molecule has 0 spiro atoms.